The Hall–Kier alpha value is -0.910. The molecule has 0 saturated heterocycles. The van der Waals surface area contributed by atoms with Gasteiger partial charge in [-0.3, -0.25) is 4.68 Å². The van der Waals surface area contributed by atoms with Gasteiger partial charge in [-0.05, 0) is 37.2 Å². The van der Waals surface area contributed by atoms with Crippen LogP contribution in [0, 0.1) is 12.7 Å². The highest BCUT2D eigenvalue weighted by molar-refractivity contribution is 9.10. The molecule has 21 heavy (non-hydrogen) atoms. The van der Waals surface area contributed by atoms with E-state index in [1.54, 1.807) is 10.7 Å². The average molecular weight is 375 g/mol. The Morgan fingerprint density at radius 2 is 2.14 bits per heavy atom. The average Bonchev–Trinajstić information content (AvgIpc) is 2.63. The smallest absolute Gasteiger partial charge is 0.124 e. The summed E-state index contributed by atoms with van der Waals surface area (Å²) in [6.45, 7) is 4.69. The third-order valence-corrected chi connectivity index (χ3v) is 4.35. The van der Waals surface area contributed by atoms with Crippen LogP contribution in [-0.4, -0.2) is 16.3 Å². The fourth-order valence-electron chi connectivity index (χ4n) is 2.43. The first kappa shape index (κ1) is 16.5. The maximum absolute atomic E-state index is 13.6. The first-order chi connectivity index (χ1) is 9.92. The highest BCUT2D eigenvalue weighted by atomic mass is 79.9. The van der Waals surface area contributed by atoms with Crippen molar-refractivity contribution in [3.8, 4) is 0 Å². The number of likely N-dealkylation sites (N-methyl/N-ethyl adjacent to an activating group) is 1. The lowest BCUT2D eigenvalue weighted by molar-refractivity contribution is 0.523. The van der Waals surface area contributed by atoms with Gasteiger partial charge in [-0.2, -0.15) is 5.10 Å². The normalized spacial score (nSPS) is 12.7. The van der Waals surface area contributed by atoms with E-state index in [2.05, 4.69) is 26.3 Å². The minimum Gasteiger partial charge on any atom is -0.310 e. The van der Waals surface area contributed by atoms with Gasteiger partial charge in [0.15, 0.2) is 0 Å². The van der Waals surface area contributed by atoms with Crippen LogP contribution in [0.4, 0.5) is 4.39 Å². The number of halogens is 3. The molecule has 2 aromatic rings. The van der Waals surface area contributed by atoms with E-state index in [-0.39, 0.29) is 11.9 Å². The molecule has 0 amide bonds. The Labute approximate surface area is 137 Å². The van der Waals surface area contributed by atoms with Crippen molar-refractivity contribution in [2.75, 3.05) is 6.54 Å². The summed E-state index contributed by atoms with van der Waals surface area (Å²) in [5.41, 5.74) is 2.64. The molecule has 0 aliphatic rings. The number of aryl methyl sites for hydroxylation is 2. The third kappa shape index (κ3) is 3.84. The minimum atomic E-state index is -0.255. The molecule has 3 nitrogen and oxygen atoms in total. The summed E-state index contributed by atoms with van der Waals surface area (Å²) in [4.78, 5) is 0. The van der Waals surface area contributed by atoms with Gasteiger partial charge in [0.25, 0.3) is 0 Å². The number of nitrogens with one attached hydrogen (secondary N) is 1. The SMILES string of the molecule is CCNC(Cc1c(Cl)c(C)nn1C)c1cc(F)cc(Br)c1. The van der Waals surface area contributed by atoms with Crippen molar-refractivity contribution in [2.24, 2.45) is 7.05 Å². The summed E-state index contributed by atoms with van der Waals surface area (Å²) in [6.07, 6.45) is 0.653. The van der Waals surface area contributed by atoms with Gasteiger partial charge in [0.05, 0.1) is 16.4 Å². The molecule has 1 heterocycles. The van der Waals surface area contributed by atoms with Gasteiger partial charge in [0.1, 0.15) is 5.82 Å². The molecule has 0 aliphatic carbocycles. The molecular formula is C15H18BrClFN3. The van der Waals surface area contributed by atoms with Crippen LogP contribution in [0.1, 0.15) is 29.9 Å². The van der Waals surface area contributed by atoms with Crippen LogP contribution >= 0.6 is 27.5 Å². The Kier molecular flexibility index (Phi) is 5.41. The number of nitrogens with zero attached hydrogens (tertiary/aromatic N) is 2. The molecule has 1 atom stereocenters. The molecule has 0 bridgehead atoms. The second-order valence-electron chi connectivity index (χ2n) is 4.99. The van der Waals surface area contributed by atoms with E-state index in [1.807, 2.05) is 27.0 Å². The lowest BCUT2D eigenvalue weighted by Gasteiger charge is -2.19. The van der Waals surface area contributed by atoms with E-state index >= 15 is 0 Å². The molecule has 6 heteroatoms. The van der Waals surface area contributed by atoms with E-state index < -0.39 is 0 Å². The molecular weight excluding hydrogens is 357 g/mol. The summed E-state index contributed by atoms with van der Waals surface area (Å²) < 4.78 is 16.1. The Balaban J connectivity index is 2.35. The van der Waals surface area contributed by atoms with Crippen molar-refractivity contribution in [3.05, 3.63) is 50.5 Å². The van der Waals surface area contributed by atoms with Gasteiger partial charge >= 0.3 is 0 Å². The molecule has 0 saturated carbocycles. The first-order valence-corrected chi connectivity index (χ1v) is 7.96. The van der Waals surface area contributed by atoms with Gasteiger partial charge in [-0.15, -0.1) is 0 Å². The fourth-order valence-corrected chi connectivity index (χ4v) is 3.15. The van der Waals surface area contributed by atoms with Crippen molar-refractivity contribution in [1.29, 1.82) is 0 Å². The summed E-state index contributed by atoms with van der Waals surface area (Å²) in [5, 5.41) is 8.38. The summed E-state index contributed by atoms with van der Waals surface area (Å²) in [6, 6.07) is 4.91. The minimum absolute atomic E-state index is 0.0192. The highest BCUT2D eigenvalue weighted by Gasteiger charge is 2.18. The highest BCUT2D eigenvalue weighted by Crippen LogP contribution is 2.27. The molecule has 1 aromatic heterocycles. The number of hydrogen-bond donors (Lipinski definition) is 1. The van der Waals surface area contributed by atoms with Crippen LogP contribution in [0.5, 0.6) is 0 Å². The summed E-state index contributed by atoms with van der Waals surface area (Å²) >= 11 is 9.65. The molecule has 1 aromatic carbocycles. The van der Waals surface area contributed by atoms with Crippen LogP contribution < -0.4 is 5.32 Å². The second-order valence-corrected chi connectivity index (χ2v) is 6.28. The Morgan fingerprint density at radius 1 is 1.43 bits per heavy atom. The predicted octanol–water partition coefficient (Wildman–Crippen LogP) is 4.18. The largest absolute Gasteiger partial charge is 0.310 e. The van der Waals surface area contributed by atoms with Crippen molar-refractivity contribution in [2.45, 2.75) is 26.3 Å². The van der Waals surface area contributed by atoms with Gasteiger partial charge < -0.3 is 5.32 Å². The second kappa shape index (κ2) is 6.90. The number of benzene rings is 1. The van der Waals surface area contributed by atoms with Gasteiger partial charge in [-0.25, -0.2) is 4.39 Å². The lowest BCUT2D eigenvalue weighted by Crippen LogP contribution is -2.24. The number of rotatable bonds is 5. The van der Waals surface area contributed by atoms with Crippen molar-refractivity contribution < 1.29 is 4.39 Å². The molecule has 0 fully saturated rings. The first-order valence-electron chi connectivity index (χ1n) is 6.79. The van der Waals surface area contributed by atoms with Gasteiger partial charge in [-0.1, -0.05) is 34.5 Å². The number of aromatic nitrogens is 2. The molecule has 0 spiro atoms. The maximum Gasteiger partial charge on any atom is 0.124 e. The van der Waals surface area contributed by atoms with E-state index in [0.29, 0.717) is 11.4 Å². The summed E-state index contributed by atoms with van der Waals surface area (Å²) in [5.74, 6) is -0.255. The summed E-state index contributed by atoms with van der Waals surface area (Å²) in [7, 11) is 1.87. The molecule has 1 unspecified atom stereocenters. The predicted molar refractivity (Wildman–Crippen MR) is 87.2 cm³/mol. The van der Waals surface area contributed by atoms with E-state index in [9.17, 15) is 4.39 Å². The topological polar surface area (TPSA) is 29.9 Å². The van der Waals surface area contributed by atoms with Crippen molar-refractivity contribution >= 4 is 27.5 Å². The Bertz CT molecular complexity index is 622. The quantitative estimate of drug-likeness (QED) is 0.851. The van der Waals surface area contributed by atoms with E-state index in [0.717, 1.165) is 28.0 Å². The van der Waals surface area contributed by atoms with Gasteiger partial charge in [0.2, 0.25) is 0 Å². The Morgan fingerprint density at radius 3 is 2.67 bits per heavy atom. The van der Waals surface area contributed by atoms with Crippen LogP contribution in [0.25, 0.3) is 0 Å². The molecule has 1 N–H and O–H groups in total. The van der Waals surface area contributed by atoms with E-state index in [4.69, 9.17) is 11.6 Å². The van der Waals surface area contributed by atoms with Crippen LogP contribution in [-0.2, 0) is 13.5 Å². The van der Waals surface area contributed by atoms with Crippen LogP contribution in [0.2, 0.25) is 5.02 Å². The van der Waals surface area contributed by atoms with Crippen LogP contribution in [0.15, 0.2) is 22.7 Å². The van der Waals surface area contributed by atoms with E-state index in [1.165, 1.54) is 6.07 Å². The third-order valence-electron chi connectivity index (χ3n) is 3.40. The molecule has 0 radical (unpaired) electrons. The van der Waals surface area contributed by atoms with Crippen molar-refractivity contribution in [3.63, 3.8) is 0 Å². The van der Waals surface area contributed by atoms with Gasteiger partial charge in [0, 0.05) is 24.0 Å². The molecule has 2 rings (SSSR count). The van der Waals surface area contributed by atoms with Crippen LogP contribution in [0.3, 0.4) is 0 Å². The zero-order valence-electron chi connectivity index (χ0n) is 12.3. The fraction of sp³-hybridized carbons (Fsp3) is 0.400. The van der Waals surface area contributed by atoms with Crippen molar-refractivity contribution in [1.82, 2.24) is 15.1 Å². The monoisotopic (exact) mass is 373 g/mol. The molecule has 114 valence electrons. The maximum atomic E-state index is 13.6. The number of hydrogen-bond acceptors (Lipinski definition) is 2. The zero-order chi connectivity index (χ0) is 15.6. The lowest BCUT2D eigenvalue weighted by atomic mass is 10.0. The standard InChI is InChI=1S/C15H18BrClFN3/c1-4-19-13(10-5-11(16)7-12(18)6-10)8-14-15(17)9(2)20-21(14)3/h5-7,13,19H,4,8H2,1-3H3. The molecule has 0 aliphatic heterocycles. The zero-order valence-corrected chi connectivity index (χ0v) is 14.6.